The topological polar surface area (TPSA) is 46.9 Å². The van der Waals surface area contributed by atoms with E-state index in [1.54, 1.807) is 6.20 Å². The molecule has 0 saturated carbocycles. The smallest absolute Gasteiger partial charge is 0.255 e. The third-order valence-corrected chi connectivity index (χ3v) is 5.20. The summed E-state index contributed by atoms with van der Waals surface area (Å²) in [4.78, 5) is 17.3. The molecule has 2 heterocycles. The Morgan fingerprint density at radius 3 is 2.10 bits per heavy atom. The Hall–Kier alpha value is -3.66. The lowest BCUT2D eigenvalue weighted by molar-refractivity contribution is 0.102. The van der Waals surface area contributed by atoms with E-state index in [1.807, 2.05) is 56.3 Å². The van der Waals surface area contributed by atoms with E-state index in [0.717, 1.165) is 45.1 Å². The standard InChI is InChI=1S/C26H25N3O/c1-17-14-18(2)16-23(15-17)28-26(30)22-11-9-21(10-12-22)25-24(6-5-13-27-25)29-19(3)7-8-20(29)4/h5-16H,1-4H3,(H,28,30). The molecule has 4 rings (SSSR count). The number of benzene rings is 2. The maximum atomic E-state index is 12.7. The van der Waals surface area contributed by atoms with E-state index in [-0.39, 0.29) is 5.91 Å². The van der Waals surface area contributed by atoms with Crippen molar-refractivity contribution >= 4 is 11.6 Å². The van der Waals surface area contributed by atoms with Crippen LogP contribution < -0.4 is 5.32 Å². The maximum absolute atomic E-state index is 12.7. The number of anilines is 1. The molecule has 0 aliphatic carbocycles. The van der Waals surface area contributed by atoms with Crippen LogP contribution in [0.4, 0.5) is 5.69 Å². The van der Waals surface area contributed by atoms with Crippen LogP contribution in [0.2, 0.25) is 0 Å². The molecule has 0 aliphatic rings. The molecule has 1 N–H and O–H groups in total. The number of carbonyl (C=O) groups excluding carboxylic acids is 1. The lowest BCUT2D eigenvalue weighted by Crippen LogP contribution is -2.12. The first kappa shape index (κ1) is 19.6. The number of aromatic nitrogens is 2. The second-order valence-corrected chi connectivity index (χ2v) is 7.73. The predicted molar refractivity (Wildman–Crippen MR) is 122 cm³/mol. The minimum Gasteiger partial charge on any atom is -0.322 e. The Bertz CT molecular complexity index is 1180. The van der Waals surface area contributed by atoms with E-state index in [9.17, 15) is 4.79 Å². The molecule has 0 spiro atoms. The summed E-state index contributed by atoms with van der Waals surface area (Å²) in [5.41, 5.74) is 8.89. The van der Waals surface area contributed by atoms with Crippen molar-refractivity contribution in [3.8, 4) is 16.9 Å². The molecule has 4 aromatic rings. The first-order valence-corrected chi connectivity index (χ1v) is 10.0. The summed E-state index contributed by atoms with van der Waals surface area (Å²) in [5.74, 6) is -0.120. The van der Waals surface area contributed by atoms with Crippen molar-refractivity contribution in [1.29, 1.82) is 0 Å². The van der Waals surface area contributed by atoms with Gasteiger partial charge in [0, 0.05) is 34.4 Å². The van der Waals surface area contributed by atoms with Crippen molar-refractivity contribution in [2.24, 2.45) is 0 Å². The van der Waals surface area contributed by atoms with Gasteiger partial charge in [-0.1, -0.05) is 18.2 Å². The van der Waals surface area contributed by atoms with Gasteiger partial charge in [0.15, 0.2) is 0 Å². The Kier molecular flexibility index (Phi) is 5.23. The molecule has 4 heteroatoms. The predicted octanol–water partition coefficient (Wildman–Crippen LogP) is 6.03. The second kappa shape index (κ2) is 7.99. The monoisotopic (exact) mass is 395 g/mol. The average molecular weight is 396 g/mol. The normalized spacial score (nSPS) is 10.8. The zero-order valence-corrected chi connectivity index (χ0v) is 17.7. The van der Waals surface area contributed by atoms with Crippen LogP contribution in [0.3, 0.4) is 0 Å². The van der Waals surface area contributed by atoms with Gasteiger partial charge in [0.05, 0.1) is 11.4 Å². The third-order valence-electron chi connectivity index (χ3n) is 5.20. The summed E-state index contributed by atoms with van der Waals surface area (Å²) in [6.45, 7) is 8.22. The highest BCUT2D eigenvalue weighted by Gasteiger charge is 2.13. The second-order valence-electron chi connectivity index (χ2n) is 7.73. The van der Waals surface area contributed by atoms with E-state index in [0.29, 0.717) is 5.56 Å². The highest BCUT2D eigenvalue weighted by molar-refractivity contribution is 6.04. The SMILES string of the molecule is Cc1cc(C)cc(NC(=O)c2ccc(-c3ncccc3-n3c(C)ccc3C)cc2)c1. The number of carbonyl (C=O) groups is 1. The van der Waals surface area contributed by atoms with Gasteiger partial charge in [0.25, 0.3) is 5.91 Å². The molecule has 30 heavy (non-hydrogen) atoms. The van der Waals surface area contributed by atoms with E-state index in [4.69, 9.17) is 0 Å². The molecule has 4 nitrogen and oxygen atoms in total. The van der Waals surface area contributed by atoms with Crippen molar-refractivity contribution in [2.75, 3.05) is 5.32 Å². The van der Waals surface area contributed by atoms with Gasteiger partial charge in [-0.2, -0.15) is 0 Å². The van der Waals surface area contributed by atoms with Crippen LogP contribution in [-0.2, 0) is 0 Å². The molecule has 0 bridgehead atoms. The number of nitrogens with zero attached hydrogens (tertiary/aromatic N) is 2. The molecular formula is C26H25N3O. The quantitative estimate of drug-likeness (QED) is 0.459. The molecule has 0 saturated heterocycles. The van der Waals surface area contributed by atoms with E-state index >= 15 is 0 Å². The van der Waals surface area contributed by atoms with E-state index in [2.05, 4.69) is 53.0 Å². The van der Waals surface area contributed by atoms with Crippen LogP contribution >= 0.6 is 0 Å². The van der Waals surface area contributed by atoms with Crippen molar-refractivity contribution in [3.63, 3.8) is 0 Å². The molecule has 2 aromatic heterocycles. The van der Waals surface area contributed by atoms with Crippen LogP contribution in [0, 0.1) is 27.7 Å². The summed E-state index contributed by atoms with van der Waals surface area (Å²) < 4.78 is 2.20. The van der Waals surface area contributed by atoms with Crippen molar-refractivity contribution in [2.45, 2.75) is 27.7 Å². The molecule has 0 aliphatic heterocycles. The van der Waals surface area contributed by atoms with Crippen molar-refractivity contribution in [1.82, 2.24) is 9.55 Å². The molecule has 150 valence electrons. The minimum atomic E-state index is -0.120. The fraction of sp³-hybridized carbons (Fsp3) is 0.154. The Balaban J connectivity index is 1.63. The largest absolute Gasteiger partial charge is 0.322 e. The van der Waals surface area contributed by atoms with Gasteiger partial charge < -0.3 is 9.88 Å². The van der Waals surface area contributed by atoms with Crippen molar-refractivity contribution < 1.29 is 4.79 Å². The zero-order valence-electron chi connectivity index (χ0n) is 17.7. The lowest BCUT2D eigenvalue weighted by Gasteiger charge is -2.14. The van der Waals surface area contributed by atoms with E-state index in [1.165, 1.54) is 0 Å². The molecular weight excluding hydrogens is 370 g/mol. The molecule has 0 atom stereocenters. The summed E-state index contributed by atoms with van der Waals surface area (Å²) in [6.07, 6.45) is 1.80. The van der Waals surface area contributed by atoms with Crippen molar-refractivity contribution in [3.05, 3.63) is 101 Å². The van der Waals surface area contributed by atoms with E-state index < -0.39 is 0 Å². The number of amides is 1. The first-order chi connectivity index (χ1) is 14.4. The van der Waals surface area contributed by atoms with Crippen LogP contribution in [0.25, 0.3) is 16.9 Å². The number of aryl methyl sites for hydroxylation is 4. The van der Waals surface area contributed by atoms with Crippen LogP contribution in [0.5, 0.6) is 0 Å². The van der Waals surface area contributed by atoms with Gasteiger partial charge >= 0.3 is 0 Å². The maximum Gasteiger partial charge on any atom is 0.255 e. The lowest BCUT2D eigenvalue weighted by atomic mass is 10.1. The summed E-state index contributed by atoms with van der Waals surface area (Å²) in [5, 5.41) is 2.99. The summed E-state index contributed by atoms with van der Waals surface area (Å²) in [6, 6.07) is 21.9. The summed E-state index contributed by atoms with van der Waals surface area (Å²) in [7, 11) is 0. The van der Waals surface area contributed by atoms with Crippen LogP contribution in [0.15, 0.2) is 72.9 Å². The van der Waals surface area contributed by atoms with Gasteiger partial charge in [0.2, 0.25) is 0 Å². The number of pyridine rings is 1. The molecule has 0 unspecified atom stereocenters. The van der Waals surface area contributed by atoms with Crippen LogP contribution in [0.1, 0.15) is 32.9 Å². The fourth-order valence-electron chi connectivity index (χ4n) is 3.88. The highest BCUT2D eigenvalue weighted by atomic mass is 16.1. The molecule has 0 fully saturated rings. The van der Waals surface area contributed by atoms with Gasteiger partial charge in [-0.25, -0.2) is 0 Å². The number of hydrogen-bond donors (Lipinski definition) is 1. The Labute approximate surface area is 177 Å². The minimum absolute atomic E-state index is 0.120. The number of nitrogens with one attached hydrogen (secondary N) is 1. The zero-order chi connectivity index (χ0) is 21.3. The first-order valence-electron chi connectivity index (χ1n) is 10.0. The third kappa shape index (κ3) is 3.90. The number of hydrogen-bond acceptors (Lipinski definition) is 2. The molecule has 0 radical (unpaired) electrons. The van der Waals surface area contributed by atoms with Gasteiger partial charge in [-0.3, -0.25) is 9.78 Å². The molecule has 1 amide bonds. The highest BCUT2D eigenvalue weighted by Crippen LogP contribution is 2.27. The summed E-state index contributed by atoms with van der Waals surface area (Å²) >= 11 is 0. The van der Waals surface area contributed by atoms with Crippen LogP contribution in [-0.4, -0.2) is 15.5 Å². The molecule has 2 aromatic carbocycles. The fourth-order valence-corrected chi connectivity index (χ4v) is 3.88. The average Bonchev–Trinajstić information content (AvgIpc) is 3.05. The van der Waals surface area contributed by atoms with Gasteiger partial charge in [-0.15, -0.1) is 0 Å². The Morgan fingerprint density at radius 1 is 0.833 bits per heavy atom. The van der Waals surface area contributed by atoms with Gasteiger partial charge in [-0.05, 0) is 87.4 Å². The Morgan fingerprint density at radius 2 is 1.47 bits per heavy atom. The van der Waals surface area contributed by atoms with Gasteiger partial charge in [0.1, 0.15) is 0 Å². The number of rotatable bonds is 4.